The van der Waals surface area contributed by atoms with Crippen LogP contribution in [0.2, 0.25) is 0 Å². The van der Waals surface area contributed by atoms with E-state index in [2.05, 4.69) is 14.9 Å². The van der Waals surface area contributed by atoms with Gasteiger partial charge in [-0.3, -0.25) is 9.80 Å². The van der Waals surface area contributed by atoms with E-state index in [1.165, 1.54) is 25.3 Å². The molecule has 0 radical (unpaired) electrons. The quantitative estimate of drug-likeness (QED) is 0.151. The molecule has 5 aliphatic heterocycles. The van der Waals surface area contributed by atoms with Crippen molar-refractivity contribution in [2.24, 2.45) is 0 Å². The maximum absolute atomic E-state index is 17.4. The lowest BCUT2D eigenvalue weighted by Crippen LogP contribution is -2.63. The third-order valence-corrected chi connectivity index (χ3v) is 11.6. The Morgan fingerprint density at radius 3 is 2.65 bits per heavy atom. The molecule has 292 valence electrons. The predicted octanol–water partition coefficient (Wildman–Crippen LogP) is 6.55. The fraction of sp³-hybridized carbons (Fsp3) is 0.538. The number of rotatable bonds is 7. The zero-order valence-corrected chi connectivity index (χ0v) is 31.0. The number of hydrogen-bond donors (Lipinski definition) is 0. The van der Waals surface area contributed by atoms with Crippen molar-refractivity contribution in [3.63, 3.8) is 0 Å². The highest BCUT2D eigenvalue weighted by Gasteiger charge is 2.52. The number of fused-ring (bicyclic) bond motifs is 7. The standard InChI is InChI=1S/C39H42F4N6O6/c1-38(2,3)55-37(50)49-22-7-9-26(49)27-17-52-35-29-33(45-36(46-34(29)48(27)16-22)53-18-39-10-5-11-47(39)15-21(40)14-39)31(43)32(44-35)24-13-23(54-19-51-4)12-20-6-8-25(41)30(42)28(20)24/h6,8,12-13,21-22,26-27H,5,7,9-11,14-19H2,1-4H3/t21-,22+,26-,27+,39+/m0/s1. The highest BCUT2D eigenvalue weighted by molar-refractivity contribution is 6.02. The molecular weight excluding hydrogens is 724 g/mol. The number of nitrogens with zero attached hydrogens (tertiary/aromatic N) is 6. The van der Waals surface area contributed by atoms with Crippen LogP contribution < -0.4 is 19.1 Å². The number of alkyl halides is 1. The summed E-state index contributed by atoms with van der Waals surface area (Å²) in [6.45, 7) is 6.84. The largest absolute Gasteiger partial charge is 0.475 e. The SMILES string of the molecule is COCOc1cc(-c2nc3c4c(nc(OC[C@]56CCCN5C[C@@H](F)C6)nc4c2F)N2C[C@H]4CC[C@@H]([C@H]2CO3)N4C(=O)OC(C)(C)C)c2c(F)c(F)ccc2c1. The third-order valence-electron chi connectivity index (χ3n) is 11.6. The normalized spacial score (nSPS) is 25.9. The molecule has 0 aliphatic carbocycles. The molecule has 16 heteroatoms. The van der Waals surface area contributed by atoms with Gasteiger partial charge in [0.15, 0.2) is 24.2 Å². The number of amides is 1. The first-order valence-corrected chi connectivity index (χ1v) is 18.7. The van der Waals surface area contributed by atoms with Crippen LogP contribution in [-0.2, 0) is 9.47 Å². The molecule has 9 rings (SSSR count). The van der Waals surface area contributed by atoms with Gasteiger partial charge in [-0.05, 0) is 76.6 Å². The molecule has 1 amide bonds. The van der Waals surface area contributed by atoms with Crippen molar-refractivity contribution in [3.05, 3.63) is 41.7 Å². The Bertz CT molecular complexity index is 2210. The lowest BCUT2D eigenvalue weighted by molar-refractivity contribution is 0.00537. The molecule has 12 nitrogen and oxygen atoms in total. The van der Waals surface area contributed by atoms with Crippen LogP contribution in [0.3, 0.4) is 0 Å². The number of carbonyl (C=O) groups is 1. The van der Waals surface area contributed by atoms with Crippen molar-refractivity contribution in [1.29, 1.82) is 0 Å². The van der Waals surface area contributed by atoms with Gasteiger partial charge in [-0.2, -0.15) is 9.97 Å². The van der Waals surface area contributed by atoms with Crippen LogP contribution in [0.5, 0.6) is 17.6 Å². The van der Waals surface area contributed by atoms with Gasteiger partial charge >= 0.3 is 12.1 Å². The fourth-order valence-electron chi connectivity index (χ4n) is 9.32. The van der Waals surface area contributed by atoms with Crippen LogP contribution in [0.1, 0.15) is 52.9 Å². The van der Waals surface area contributed by atoms with E-state index < -0.39 is 46.9 Å². The molecule has 2 aromatic heterocycles. The molecule has 4 fully saturated rings. The summed E-state index contributed by atoms with van der Waals surface area (Å²) in [5.41, 5.74) is -1.90. The highest BCUT2D eigenvalue weighted by Crippen LogP contribution is 2.47. The van der Waals surface area contributed by atoms with Crippen LogP contribution in [0.4, 0.5) is 28.2 Å². The third kappa shape index (κ3) is 6.03. The molecule has 5 aliphatic rings. The van der Waals surface area contributed by atoms with Crippen LogP contribution in [0, 0.1) is 17.5 Å². The molecule has 0 N–H and O–H groups in total. The Labute approximate surface area is 314 Å². The summed E-state index contributed by atoms with van der Waals surface area (Å²) in [5, 5.41) is 0.197. The van der Waals surface area contributed by atoms with Crippen LogP contribution in [-0.4, -0.2) is 113 Å². The summed E-state index contributed by atoms with van der Waals surface area (Å²) in [4.78, 5) is 33.5. The van der Waals surface area contributed by atoms with E-state index in [4.69, 9.17) is 28.7 Å². The van der Waals surface area contributed by atoms with E-state index in [0.717, 1.165) is 25.5 Å². The lowest BCUT2D eigenvalue weighted by Gasteiger charge is -2.46. The number of hydrogen-bond acceptors (Lipinski definition) is 11. The highest BCUT2D eigenvalue weighted by atomic mass is 19.2. The number of aromatic nitrogens is 3. The van der Waals surface area contributed by atoms with Crippen molar-refractivity contribution in [3.8, 4) is 28.9 Å². The molecule has 0 unspecified atom stereocenters. The molecule has 55 heavy (non-hydrogen) atoms. The van der Waals surface area contributed by atoms with Gasteiger partial charge in [0.25, 0.3) is 0 Å². The first kappa shape index (κ1) is 36.0. The number of carbonyl (C=O) groups excluding carboxylic acids is 1. The summed E-state index contributed by atoms with van der Waals surface area (Å²) in [6.07, 6.45) is 1.92. The summed E-state index contributed by atoms with van der Waals surface area (Å²) in [7, 11) is 1.43. The second-order valence-corrected chi connectivity index (χ2v) is 16.2. The van der Waals surface area contributed by atoms with Crippen molar-refractivity contribution < 1.29 is 46.0 Å². The minimum absolute atomic E-state index is 0.0214. The van der Waals surface area contributed by atoms with Crippen LogP contribution in [0.25, 0.3) is 32.9 Å². The van der Waals surface area contributed by atoms with Gasteiger partial charge in [-0.25, -0.2) is 27.3 Å². The average molecular weight is 767 g/mol. The van der Waals surface area contributed by atoms with Gasteiger partial charge in [0.2, 0.25) is 5.88 Å². The Kier molecular flexibility index (Phi) is 8.64. The van der Waals surface area contributed by atoms with Crippen LogP contribution >= 0.6 is 0 Å². The predicted molar refractivity (Wildman–Crippen MR) is 193 cm³/mol. The van der Waals surface area contributed by atoms with Gasteiger partial charge in [-0.1, -0.05) is 6.07 Å². The van der Waals surface area contributed by atoms with Gasteiger partial charge < -0.3 is 28.6 Å². The molecule has 2 aromatic carbocycles. The average Bonchev–Trinajstić information content (AvgIpc) is 3.75. The molecule has 0 saturated carbocycles. The topological polar surface area (TPSA) is 112 Å². The van der Waals surface area contributed by atoms with Gasteiger partial charge in [0, 0.05) is 37.6 Å². The monoisotopic (exact) mass is 766 g/mol. The van der Waals surface area contributed by atoms with Crippen molar-refractivity contribution in [2.75, 3.05) is 51.7 Å². The van der Waals surface area contributed by atoms with E-state index in [9.17, 15) is 13.6 Å². The second-order valence-electron chi connectivity index (χ2n) is 16.2. The lowest BCUT2D eigenvalue weighted by atomic mass is 9.95. The number of halogens is 4. The molecule has 4 aromatic rings. The number of benzene rings is 2. The Hall–Kier alpha value is -4.70. The Morgan fingerprint density at radius 1 is 1.02 bits per heavy atom. The van der Waals surface area contributed by atoms with Crippen molar-refractivity contribution in [1.82, 2.24) is 24.8 Å². The van der Waals surface area contributed by atoms with E-state index in [1.54, 1.807) is 4.90 Å². The number of ether oxygens (including phenoxy) is 5. The van der Waals surface area contributed by atoms with E-state index in [-0.39, 0.29) is 82.7 Å². The van der Waals surface area contributed by atoms with Gasteiger partial charge in [0.05, 0.1) is 23.7 Å². The number of pyridine rings is 1. The van der Waals surface area contributed by atoms with E-state index in [1.807, 2.05) is 25.7 Å². The number of anilines is 1. The zero-order valence-electron chi connectivity index (χ0n) is 31.0. The zero-order chi connectivity index (χ0) is 38.4. The number of piperazine rings is 1. The first-order valence-electron chi connectivity index (χ1n) is 18.7. The summed E-state index contributed by atoms with van der Waals surface area (Å²) in [6, 6.07) is 4.09. The smallest absolute Gasteiger partial charge is 0.410 e. The van der Waals surface area contributed by atoms with Crippen molar-refractivity contribution in [2.45, 2.75) is 88.3 Å². The van der Waals surface area contributed by atoms with Crippen molar-refractivity contribution >= 4 is 33.6 Å². The minimum atomic E-state index is -1.19. The fourth-order valence-corrected chi connectivity index (χ4v) is 9.32. The van der Waals surface area contributed by atoms with Gasteiger partial charge in [-0.15, -0.1) is 0 Å². The minimum Gasteiger partial charge on any atom is -0.475 e. The maximum Gasteiger partial charge on any atom is 0.410 e. The van der Waals surface area contributed by atoms with E-state index >= 15 is 8.78 Å². The Morgan fingerprint density at radius 2 is 1.85 bits per heavy atom. The number of methoxy groups -OCH3 is 1. The molecule has 5 atom stereocenters. The first-order chi connectivity index (χ1) is 26.3. The molecule has 0 spiro atoms. The summed E-state index contributed by atoms with van der Waals surface area (Å²) >= 11 is 0. The summed E-state index contributed by atoms with van der Waals surface area (Å²) < 4.78 is 91.8. The maximum atomic E-state index is 17.4. The van der Waals surface area contributed by atoms with Crippen LogP contribution in [0.15, 0.2) is 24.3 Å². The Balaban J connectivity index is 1.20. The molecule has 7 heterocycles. The second kappa shape index (κ2) is 13.2. The summed E-state index contributed by atoms with van der Waals surface area (Å²) in [5.74, 6) is -2.76. The molecule has 4 saturated heterocycles. The molecular formula is C39H42F4N6O6. The van der Waals surface area contributed by atoms with Gasteiger partial charge in [0.1, 0.15) is 53.2 Å². The molecule has 2 bridgehead atoms. The van der Waals surface area contributed by atoms with E-state index in [0.29, 0.717) is 38.2 Å².